The van der Waals surface area contributed by atoms with Crippen molar-refractivity contribution in [2.75, 3.05) is 17.9 Å². The zero-order valence-corrected chi connectivity index (χ0v) is 17.6. The Kier molecular flexibility index (Phi) is 6.52. The third-order valence-electron chi connectivity index (χ3n) is 4.76. The van der Waals surface area contributed by atoms with Gasteiger partial charge in [0, 0.05) is 19.2 Å². The second-order valence-electron chi connectivity index (χ2n) is 6.97. The van der Waals surface area contributed by atoms with Gasteiger partial charge in [-0.25, -0.2) is 12.8 Å². The van der Waals surface area contributed by atoms with Gasteiger partial charge in [-0.15, -0.1) is 0 Å². The largest absolute Gasteiger partial charge is 0.352 e. The van der Waals surface area contributed by atoms with Gasteiger partial charge in [0.05, 0.1) is 10.6 Å². The lowest BCUT2D eigenvalue weighted by atomic mass is 10.1. The first-order chi connectivity index (χ1) is 14.3. The Morgan fingerprint density at radius 3 is 2.30 bits per heavy atom. The third kappa shape index (κ3) is 5.04. The Bertz CT molecular complexity index is 1130. The van der Waals surface area contributed by atoms with E-state index in [1.165, 1.54) is 23.5 Å². The lowest BCUT2D eigenvalue weighted by Gasteiger charge is -2.20. The molecule has 0 aliphatic rings. The number of hydrogen-bond acceptors (Lipinski definition) is 3. The molecule has 1 amide bonds. The number of anilines is 1. The highest BCUT2D eigenvalue weighted by Crippen LogP contribution is 2.22. The van der Waals surface area contributed by atoms with Crippen molar-refractivity contribution in [2.24, 2.45) is 0 Å². The van der Waals surface area contributed by atoms with Crippen LogP contribution in [0.5, 0.6) is 0 Å². The lowest BCUT2D eigenvalue weighted by molar-refractivity contribution is 0.0954. The molecule has 0 aliphatic carbocycles. The van der Waals surface area contributed by atoms with Gasteiger partial charge >= 0.3 is 0 Å². The van der Waals surface area contributed by atoms with E-state index in [4.69, 9.17) is 0 Å². The number of nitrogens with zero attached hydrogens (tertiary/aromatic N) is 1. The summed E-state index contributed by atoms with van der Waals surface area (Å²) in [6.45, 7) is 2.26. The van der Waals surface area contributed by atoms with Crippen molar-refractivity contribution < 1.29 is 17.6 Å². The van der Waals surface area contributed by atoms with Gasteiger partial charge < -0.3 is 5.32 Å². The average molecular weight is 427 g/mol. The van der Waals surface area contributed by atoms with Gasteiger partial charge in [-0.2, -0.15) is 0 Å². The molecule has 0 bridgehead atoms. The Morgan fingerprint density at radius 2 is 1.67 bits per heavy atom. The van der Waals surface area contributed by atoms with Gasteiger partial charge in [-0.1, -0.05) is 29.8 Å². The first kappa shape index (κ1) is 21.5. The molecule has 156 valence electrons. The minimum atomic E-state index is -3.69. The molecule has 5 nitrogen and oxygen atoms in total. The Balaban J connectivity index is 1.63. The molecular weight excluding hydrogens is 403 g/mol. The van der Waals surface area contributed by atoms with E-state index in [1.54, 1.807) is 60.7 Å². The van der Waals surface area contributed by atoms with Crippen molar-refractivity contribution in [1.29, 1.82) is 0 Å². The molecule has 0 spiro atoms. The summed E-state index contributed by atoms with van der Waals surface area (Å²) in [4.78, 5) is 12.5. The summed E-state index contributed by atoms with van der Waals surface area (Å²) < 4.78 is 39.9. The van der Waals surface area contributed by atoms with Crippen LogP contribution in [0.2, 0.25) is 0 Å². The Labute approximate surface area is 176 Å². The first-order valence-electron chi connectivity index (χ1n) is 9.46. The highest BCUT2D eigenvalue weighted by molar-refractivity contribution is 7.92. The second-order valence-corrected chi connectivity index (χ2v) is 8.94. The maximum Gasteiger partial charge on any atom is 0.264 e. The quantitative estimate of drug-likeness (QED) is 0.623. The molecule has 1 N–H and O–H groups in total. The lowest BCUT2D eigenvalue weighted by Crippen LogP contribution is -2.27. The molecule has 3 rings (SSSR count). The number of hydrogen-bond donors (Lipinski definition) is 1. The molecule has 3 aromatic carbocycles. The standard InChI is InChI=1S/C23H23FN2O3S/c1-17-6-12-22(13-7-17)30(28,29)26(2)21-10-8-19(9-11-21)23(27)25-15-14-18-4-3-5-20(24)16-18/h3-13,16H,14-15H2,1-2H3,(H,25,27). The van der Waals surface area contributed by atoms with Crippen LogP contribution in [0.25, 0.3) is 0 Å². The van der Waals surface area contributed by atoms with Crippen LogP contribution in [0.15, 0.2) is 77.7 Å². The van der Waals surface area contributed by atoms with Crippen LogP contribution < -0.4 is 9.62 Å². The summed E-state index contributed by atoms with van der Waals surface area (Å²) >= 11 is 0. The Hall–Kier alpha value is -3.19. The van der Waals surface area contributed by atoms with Gasteiger partial charge in [0.2, 0.25) is 0 Å². The highest BCUT2D eigenvalue weighted by Gasteiger charge is 2.21. The maximum atomic E-state index is 13.2. The van der Waals surface area contributed by atoms with Crippen LogP contribution in [-0.2, 0) is 16.4 Å². The number of carbonyl (C=O) groups excluding carboxylic acids is 1. The molecule has 0 saturated carbocycles. The minimum absolute atomic E-state index is 0.203. The van der Waals surface area contributed by atoms with Crippen molar-refractivity contribution in [3.05, 3.63) is 95.3 Å². The average Bonchev–Trinajstić information content (AvgIpc) is 2.73. The smallest absolute Gasteiger partial charge is 0.264 e. The molecule has 0 unspecified atom stereocenters. The van der Waals surface area contributed by atoms with Crippen molar-refractivity contribution >= 4 is 21.6 Å². The van der Waals surface area contributed by atoms with E-state index in [2.05, 4.69) is 5.32 Å². The predicted molar refractivity (Wildman–Crippen MR) is 116 cm³/mol. The SMILES string of the molecule is Cc1ccc(S(=O)(=O)N(C)c2ccc(C(=O)NCCc3cccc(F)c3)cc2)cc1. The number of amides is 1. The Morgan fingerprint density at radius 1 is 1.00 bits per heavy atom. The number of nitrogens with one attached hydrogen (secondary N) is 1. The molecular formula is C23H23FN2O3S. The number of carbonyl (C=O) groups is 1. The molecule has 7 heteroatoms. The fourth-order valence-corrected chi connectivity index (χ4v) is 4.14. The minimum Gasteiger partial charge on any atom is -0.352 e. The van der Waals surface area contributed by atoms with E-state index in [0.29, 0.717) is 24.2 Å². The number of aryl methyl sites for hydroxylation is 1. The van der Waals surface area contributed by atoms with Gasteiger partial charge in [0.25, 0.3) is 15.9 Å². The summed E-state index contributed by atoms with van der Waals surface area (Å²) in [6.07, 6.45) is 0.513. The van der Waals surface area contributed by atoms with Crippen LogP contribution in [-0.4, -0.2) is 27.9 Å². The van der Waals surface area contributed by atoms with Crippen molar-refractivity contribution in [1.82, 2.24) is 5.32 Å². The van der Waals surface area contributed by atoms with Gasteiger partial charge in [0.1, 0.15) is 5.82 Å². The summed E-state index contributed by atoms with van der Waals surface area (Å²) in [5.74, 6) is -0.582. The maximum absolute atomic E-state index is 13.2. The third-order valence-corrected chi connectivity index (χ3v) is 6.56. The van der Waals surface area contributed by atoms with Crippen LogP contribution >= 0.6 is 0 Å². The van der Waals surface area contributed by atoms with E-state index in [0.717, 1.165) is 11.1 Å². The summed E-state index contributed by atoms with van der Waals surface area (Å²) in [5.41, 5.74) is 2.64. The molecule has 0 heterocycles. The van der Waals surface area contributed by atoms with Gasteiger partial charge in [-0.05, 0) is 67.4 Å². The van der Waals surface area contributed by atoms with E-state index in [1.807, 2.05) is 6.92 Å². The molecule has 0 radical (unpaired) electrons. The normalized spacial score (nSPS) is 11.2. The summed E-state index contributed by atoms with van der Waals surface area (Å²) in [6, 6.07) is 19.2. The van der Waals surface area contributed by atoms with Gasteiger partial charge in [0.15, 0.2) is 0 Å². The molecule has 0 atom stereocenters. The molecule has 0 saturated heterocycles. The van der Waals surface area contributed by atoms with Crippen molar-refractivity contribution in [3.63, 3.8) is 0 Å². The van der Waals surface area contributed by atoms with Crippen LogP contribution in [0.3, 0.4) is 0 Å². The summed E-state index contributed by atoms with van der Waals surface area (Å²) in [5, 5.41) is 2.78. The highest BCUT2D eigenvalue weighted by atomic mass is 32.2. The second kappa shape index (κ2) is 9.09. The zero-order valence-electron chi connectivity index (χ0n) is 16.8. The predicted octanol–water partition coefficient (Wildman–Crippen LogP) is 3.93. The monoisotopic (exact) mass is 426 g/mol. The number of rotatable bonds is 7. The van der Waals surface area contributed by atoms with Crippen LogP contribution in [0, 0.1) is 12.7 Å². The van der Waals surface area contributed by atoms with Crippen LogP contribution in [0.4, 0.5) is 10.1 Å². The number of halogens is 1. The number of sulfonamides is 1. The van der Waals surface area contributed by atoms with Crippen LogP contribution in [0.1, 0.15) is 21.5 Å². The molecule has 3 aromatic rings. The topological polar surface area (TPSA) is 66.5 Å². The van der Waals surface area contributed by atoms with E-state index >= 15 is 0 Å². The van der Waals surface area contributed by atoms with Gasteiger partial charge in [-0.3, -0.25) is 9.10 Å². The molecule has 0 aliphatic heterocycles. The van der Waals surface area contributed by atoms with Crippen molar-refractivity contribution in [3.8, 4) is 0 Å². The molecule has 0 fully saturated rings. The molecule has 0 aromatic heterocycles. The number of benzene rings is 3. The van der Waals surface area contributed by atoms with E-state index in [9.17, 15) is 17.6 Å². The van der Waals surface area contributed by atoms with E-state index < -0.39 is 10.0 Å². The fraction of sp³-hybridized carbons (Fsp3) is 0.174. The molecule has 30 heavy (non-hydrogen) atoms. The fourth-order valence-electron chi connectivity index (χ4n) is 2.94. The summed E-state index contributed by atoms with van der Waals surface area (Å²) in [7, 11) is -2.21. The zero-order chi connectivity index (χ0) is 21.7. The van der Waals surface area contributed by atoms with Crippen molar-refractivity contribution in [2.45, 2.75) is 18.2 Å². The first-order valence-corrected chi connectivity index (χ1v) is 10.9. The van der Waals surface area contributed by atoms with E-state index in [-0.39, 0.29) is 16.6 Å².